The van der Waals surface area contributed by atoms with Crippen molar-refractivity contribution >= 4 is 29.2 Å². The van der Waals surface area contributed by atoms with E-state index in [2.05, 4.69) is 17.1 Å². The molecule has 11 heteroatoms. The van der Waals surface area contributed by atoms with Gasteiger partial charge in [0, 0.05) is 27.5 Å². The molecule has 0 spiro atoms. The van der Waals surface area contributed by atoms with Crippen molar-refractivity contribution in [3.8, 4) is 51.8 Å². The molecule has 9 nitrogen and oxygen atoms in total. The topological polar surface area (TPSA) is 140 Å². The summed E-state index contributed by atoms with van der Waals surface area (Å²) in [6.45, 7) is 4.50. The highest BCUT2D eigenvalue weighted by Crippen LogP contribution is 2.39. The zero-order valence-corrected chi connectivity index (χ0v) is 26.6. The van der Waals surface area contributed by atoms with Gasteiger partial charge in [-0.25, -0.2) is 9.97 Å². The monoisotopic (exact) mass is 649 g/mol. The third kappa shape index (κ3) is 6.71. The zero-order chi connectivity index (χ0) is 32.3. The van der Waals surface area contributed by atoms with Crippen LogP contribution in [0.25, 0.3) is 33.9 Å². The minimum absolute atomic E-state index is 0.0330. The predicted molar refractivity (Wildman–Crippen MR) is 176 cm³/mol. The van der Waals surface area contributed by atoms with Crippen LogP contribution in [0.15, 0.2) is 88.3 Å². The number of halogens is 1. The lowest BCUT2D eigenvalue weighted by Gasteiger charge is -2.17. The summed E-state index contributed by atoms with van der Waals surface area (Å²) in [5, 5.41) is 21.3. The van der Waals surface area contributed by atoms with Gasteiger partial charge in [0.1, 0.15) is 47.0 Å². The molecule has 1 saturated heterocycles. The number of oxazole rings is 1. The van der Waals surface area contributed by atoms with Crippen LogP contribution in [0, 0.1) is 22.7 Å². The molecule has 0 saturated carbocycles. The summed E-state index contributed by atoms with van der Waals surface area (Å²) in [5.41, 5.74) is 10.0. The fraction of sp³-hybridized carbons (Fsp3) is 0.200. The van der Waals surface area contributed by atoms with Gasteiger partial charge in [-0.1, -0.05) is 65.8 Å². The Kier molecular flexibility index (Phi) is 8.98. The number of anilines is 1. The molecule has 0 bridgehead atoms. The first kappa shape index (κ1) is 31.2. The quantitative estimate of drug-likeness (QED) is 0.157. The van der Waals surface area contributed by atoms with Gasteiger partial charge < -0.3 is 24.4 Å². The third-order valence-corrected chi connectivity index (χ3v) is 8.47. The van der Waals surface area contributed by atoms with Crippen LogP contribution in [0.1, 0.15) is 30.7 Å². The number of ether oxygens (including phenoxy) is 3. The number of hydrogen-bond donors (Lipinski definition) is 1. The van der Waals surface area contributed by atoms with Crippen LogP contribution in [0.5, 0.6) is 5.75 Å². The number of benzene rings is 3. The second kappa shape index (κ2) is 13.3. The van der Waals surface area contributed by atoms with Crippen LogP contribution in [0.2, 0.25) is 5.02 Å². The summed E-state index contributed by atoms with van der Waals surface area (Å²) in [5.74, 6) is 1.38. The minimum atomic E-state index is -0.633. The molecule has 1 atom stereocenters. The third-order valence-electron chi connectivity index (χ3n) is 7.23. The summed E-state index contributed by atoms with van der Waals surface area (Å²) >= 11 is 7.39. The second-order valence-electron chi connectivity index (χ2n) is 10.9. The Morgan fingerprint density at radius 2 is 1.63 bits per heavy atom. The number of nitrogens with zero attached hydrogens (tertiary/aromatic N) is 4. The largest absolute Gasteiger partial charge is 0.491 e. The average Bonchev–Trinajstić information content (AvgIpc) is 3.66. The molecule has 2 aromatic heterocycles. The highest BCUT2D eigenvalue weighted by atomic mass is 35.5. The van der Waals surface area contributed by atoms with Gasteiger partial charge in [-0.15, -0.1) is 0 Å². The van der Waals surface area contributed by atoms with Crippen molar-refractivity contribution < 1.29 is 18.6 Å². The Labute approximate surface area is 275 Å². The molecule has 2 N–H and O–H groups in total. The summed E-state index contributed by atoms with van der Waals surface area (Å²) < 4.78 is 23.6. The van der Waals surface area contributed by atoms with E-state index in [4.69, 9.17) is 40.9 Å². The first-order valence-electron chi connectivity index (χ1n) is 14.4. The van der Waals surface area contributed by atoms with Gasteiger partial charge in [0.05, 0.1) is 17.9 Å². The van der Waals surface area contributed by atoms with E-state index >= 15 is 0 Å². The van der Waals surface area contributed by atoms with Crippen molar-refractivity contribution in [2.75, 3.05) is 18.9 Å². The molecular weight excluding hydrogens is 622 g/mol. The van der Waals surface area contributed by atoms with Gasteiger partial charge in [0.15, 0.2) is 11.5 Å². The molecule has 0 aliphatic carbocycles. The number of nitrogen functional groups attached to an aromatic ring is 1. The van der Waals surface area contributed by atoms with E-state index in [-0.39, 0.29) is 23.0 Å². The predicted octanol–water partition coefficient (Wildman–Crippen LogP) is 7.87. The van der Waals surface area contributed by atoms with Crippen molar-refractivity contribution in [3.05, 3.63) is 101 Å². The SMILES string of the molecule is CC1(C)OC[C@H](COc2ccc(-c3c(C#N)c(N)nc(SCc4nc(-c5ccc(Cl)cc5)oc4-c4ccccc4)c3C#N)cc2)O1. The Bertz CT molecular complexity index is 1950. The first-order chi connectivity index (χ1) is 22.2. The Hall–Kier alpha value is -4.84. The first-order valence-corrected chi connectivity index (χ1v) is 15.7. The van der Waals surface area contributed by atoms with E-state index in [0.717, 1.165) is 11.1 Å². The molecular formula is C35H28ClN5O4S. The zero-order valence-electron chi connectivity index (χ0n) is 25.0. The molecule has 0 unspecified atom stereocenters. The Morgan fingerprint density at radius 3 is 2.28 bits per heavy atom. The van der Waals surface area contributed by atoms with Crippen LogP contribution in [0.3, 0.4) is 0 Å². The normalized spacial score (nSPS) is 15.3. The summed E-state index contributed by atoms with van der Waals surface area (Å²) in [4.78, 5) is 9.27. The van der Waals surface area contributed by atoms with Gasteiger partial charge in [0.2, 0.25) is 5.89 Å². The van der Waals surface area contributed by atoms with Crippen molar-refractivity contribution in [1.82, 2.24) is 9.97 Å². The van der Waals surface area contributed by atoms with Crippen LogP contribution >= 0.6 is 23.4 Å². The Morgan fingerprint density at radius 1 is 0.935 bits per heavy atom. The van der Waals surface area contributed by atoms with E-state index in [0.29, 0.717) is 63.2 Å². The van der Waals surface area contributed by atoms with Gasteiger partial charge in [0.25, 0.3) is 0 Å². The van der Waals surface area contributed by atoms with Crippen molar-refractivity contribution in [2.45, 2.75) is 36.5 Å². The van der Waals surface area contributed by atoms with Gasteiger partial charge in [-0.3, -0.25) is 0 Å². The van der Waals surface area contributed by atoms with Gasteiger partial charge in [-0.2, -0.15) is 10.5 Å². The van der Waals surface area contributed by atoms with Crippen LogP contribution in [0.4, 0.5) is 5.82 Å². The summed E-state index contributed by atoms with van der Waals surface area (Å²) in [7, 11) is 0. The number of pyridine rings is 1. The van der Waals surface area contributed by atoms with Crippen LogP contribution < -0.4 is 10.5 Å². The van der Waals surface area contributed by atoms with Crippen LogP contribution in [-0.4, -0.2) is 35.1 Å². The molecule has 3 heterocycles. The summed E-state index contributed by atoms with van der Waals surface area (Å²) in [6, 6.07) is 28.4. The molecule has 230 valence electrons. The molecule has 6 rings (SSSR count). The summed E-state index contributed by atoms with van der Waals surface area (Å²) in [6.07, 6.45) is -0.181. The molecule has 5 aromatic rings. The maximum Gasteiger partial charge on any atom is 0.227 e. The second-order valence-corrected chi connectivity index (χ2v) is 12.3. The molecule has 1 fully saturated rings. The standard InChI is InChI=1S/C35H28ClN5O4S/c1-35(2)43-19-26(45-35)18-42-25-14-10-21(11-15-25)30-27(16-37)32(39)41-34(28(30)17-38)46-20-29-31(22-6-4-3-5-7-22)44-33(40-29)23-8-12-24(36)13-9-23/h3-15,26H,18-20H2,1-2H3,(H2,39,41)/t26-/m0/s1. The molecule has 0 amide bonds. The van der Waals surface area contributed by atoms with Crippen molar-refractivity contribution in [3.63, 3.8) is 0 Å². The fourth-order valence-corrected chi connectivity index (χ4v) is 6.11. The number of aromatic nitrogens is 2. The number of thioether (sulfide) groups is 1. The van der Waals surface area contributed by atoms with E-state index in [1.54, 1.807) is 36.4 Å². The van der Waals surface area contributed by atoms with E-state index in [9.17, 15) is 10.5 Å². The Balaban J connectivity index is 1.29. The van der Waals surface area contributed by atoms with Crippen molar-refractivity contribution in [2.24, 2.45) is 0 Å². The lowest BCUT2D eigenvalue weighted by molar-refractivity contribution is -0.141. The molecule has 46 heavy (non-hydrogen) atoms. The fourth-order valence-electron chi connectivity index (χ4n) is 5.06. The number of nitriles is 2. The lowest BCUT2D eigenvalue weighted by atomic mass is 9.97. The maximum atomic E-state index is 10.3. The van der Waals surface area contributed by atoms with E-state index in [1.807, 2.05) is 56.3 Å². The van der Waals surface area contributed by atoms with Gasteiger partial charge >= 0.3 is 0 Å². The van der Waals surface area contributed by atoms with Gasteiger partial charge in [-0.05, 0) is 55.8 Å². The lowest BCUT2D eigenvalue weighted by Crippen LogP contribution is -2.25. The molecule has 3 aromatic carbocycles. The molecule has 1 aliphatic heterocycles. The number of rotatable bonds is 9. The number of hydrogen-bond acceptors (Lipinski definition) is 10. The average molecular weight is 650 g/mol. The molecule has 0 radical (unpaired) electrons. The van der Waals surface area contributed by atoms with Crippen LogP contribution in [-0.2, 0) is 15.2 Å². The highest BCUT2D eigenvalue weighted by molar-refractivity contribution is 7.98. The highest BCUT2D eigenvalue weighted by Gasteiger charge is 2.33. The van der Waals surface area contributed by atoms with E-state index in [1.165, 1.54) is 11.8 Å². The minimum Gasteiger partial charge on any atom is -0.491 e. The smallest absolute Gasteiger partial charge is 0.227 e. The number of nitrogens with two attached hydrogens (primary N) is 1. The van der Waals surface area contributed by atoms with Crippen molar-refractivity contribution in [1.29, 1.82) is 10.5 Å². The molecule has 1 aliphatic rings. The maximum absolute atomic E-state index is 10.3. The van der Waals surface area contributed by atoms with E-state index < -0.39 is 5.79 Å².